The Bertz CT molecular complexity index is 476. The highest BCUT2D eigenvalue weighted by Crippen LogP contribution is 2.14. The molecule has 1 aromatic carbocycles. The fraction of sp³-hybridized carbons (Fsp3) is 0.619. The number of carbonyl (C=O) groups is 2. The van der Waals surface area contributed by atoms with Gasteiger partial charge in [0.25, 0.3) is 0 Å². The summed E-state index contributed by atoms with van der Waals surface area (Å²) in [5.74, 6) is 0.628. The second-order valence-electron chi connectivity index (χ2n) is 5.18. The molecule has 0 saturated heterocycles. The van der Waals surface area contributed by atoms with E-state index >= 15 is 0 Å². The van der Waals surface area contributed by atoms with Crippen LogP contribution < -0.4 is 15.4 Å². The van der Waals surface area contributed by atoms with Gasteiger partial charge >= 0.3 is 0 Å². The summed E-state index contributed by atoms with van der Waals surface area (Å²) in [5.41, 5.74) is 1.09. The number of amides is 2. The standard InChI is InChI=1S/C16H22N2O3.2C2H6.CH4O/c19-15-9-6-13-4-7-14(8-5-13)21-11-3-1-2-10-17-16(20)12-18-15;3*1-2/h4-5,7-8H,1-3,6,9-12H2,(H,17,20)(H,18,19);2*1-2H3;2H,1H3. The van der Waals surface area contributed by atoms with Crippen LogP contribution in [0.1, 0.15) is 58.9 Å². The van der Waals surface area contributed by atoms with E-state index in [1.165, 1.54) is 0 Å². The van der Waals surface area contributed by atoms with E-state index in [2.05, 4.69) is 10.6 Å². The van der Waals surface area contributed by atoms with E-state index in [9.17, 15) is 9.59 Å². The first-order valence-corrected chi connectivity index (χ1v) is 9.94. The third kappa shape index (κ3) is 14.7. The van der Waals surface area contributed by atoms with E-state index in [0.29, 0.717) is 26.0 Å². The smallest absolute Gasteiger partial charge is 0.239 e. The Morgan fingerprint density at radius 3 is 2.07 bits per heavy atom. The van der Waals surface area contributed by atoms with Crippen LogP contribution in [0.25, 0.3) is 0 Å². The minimum Gasteiger partial charge on any atom is -0.494 e. The molecule has 156 valence electrons. The van der Waals surface area contributed by atoms with Crippen molar-refractivity contribution in [1.82, 2.24) is 10.6 Å². The number of fused-ring (bicyclic) bond motifs is 14. The lowest BCUT2D eigenvalue weighted by molar-refractivity contribution is -0.126. The highest BCUT2D eigenvalue weighted by atomic mass is 16.5. The molecule has 0 aliphatic carbocycles. The van der Waals surface area contributed by atoms with Crippen LogP contribution in [-0.2, 0) is 16.0 Å². The highest BCUT2D eigenvalue weighted by Gasteiger charge is 2.06. The molecule has 3 N–H and O–H groups in total. The molecule has 2 amide bonds. The Balaban J connectivity index is 0. The molecule has 0 unspecified atom stereocenters. The van der Waals surface area contributed by atoms with E-state index in [1.54, 1.807) is 0 Å². The van der Waals surface area contributed by atoms with Crippen LogP contribution in [0, 0.1) is 0 Å². The average Bonchev–Trinajstić information content (AvgIpc) is 2.75. The van der Waals surface area contributed by atoms with E-state index in [0.717, 1.165) is 37.7 Å². The molecule has 0 radical (unpaired) electrons. The maximum absolute atomic E-state index is 11.7. The molecular weight excluding hydrogens is 344 g/mol. The first-order valence-electron chi connectivity index (χ1n) is 9.94. The number of hydrogen-bond donors (Lipinski definition) is 3. The fourth-order valence-corrected chi connectivity index (χ4v) is 2.16. The van der Waals surface area contributed by atoms with Crippen LogP contribution in [-0.4, -0.2) is 43.7 Å². The Hall–Kier alpha value is -2.08. The zero-order valence-electron chi connectivity index (χ0n) is 17.6. The van der Waals surface area contributed by atoms with Gasteiger partial charge < -0.3 is 20.5 Å². The summed E-state index contributed by atoms with van der Waals surface area (Å²) in [4.78, 5) is 23.2. The van der Waals surface area contributed by atoms with Gasteiger partial charge in [-0.1, -0.05) is 39.8 Å². The Morgan fingerprint density at radius 2 is 1.44 bits per heavy atom. The zero-order valence-corrected chi connectivity index (χ0v) is 17.6. The first kappa shape index (κ1) is 27.1. The SMILES string of the molecule is CC.CC.CO.O=C1CCc2ccc(cc2)OCCCCCNC(=O)CN1. The molecule has 0 aromatic heterocycles. The normalized spacial score (nSPS) is 14.9. The number of rotatable bonds is 0. The van der Waals surface area contributed by atoms with Crippen molar-refractivity contribution in [2.24, 2.45) is 0 Å². The van der Waals surface area contributed by atoms with Crippen molar-refractivity contribution in [3.05, 3.63) is 29.8 Å². The molecular formula is C21H38N2O4. The topological polar surface area (TPSA) is 87.7 Å². The lowest BCUT2D eigenvalue weighted by Crippen LogP contribution is -2.37. The van der Waals surface area contributed by atoms with Crippen molar-refractivity contribution in [3.8, 4) is 5.75 Å². The second-order valence-corrected chi connectivity index (χ2v) is 5.18. The predicted molar refractivity (Wildman–Crippen MR) is 111 cm³/mol. The molecule has 2 bridgehead atoms. The van der Waals surface area contributed by atoms with Crippen molar-refractivity contribution in [2.45, 2.75) is 59.8 Å². The average molecular weight is 383 g/mol. The van der Waals surface area contributed by atoms with E-state index in [-0.39, 0.29) is 18.4 Å². The lowest BCUT2D eigenvalue weighted by Gasteiger charge is -2.07. The number of hydrogen-bond acceptors (Lipinski definition) is 4. The third-order valence-electron chi connectivity index (χ3n) is 3.42. The molecule has 27 heavy (non-hydrogen) atoms. The quantitative estimate of drug-likeness (QED) is 0.643. The van der Waals surface area contributed by atoms with Gasteiger partial charge in [0.15, 0.2) is 0 Å². The molecule has 2 aliphatic rings. The Labute approximate surface area is 164 Å². The van der Waals surface area contributed by atoms with Crippen LogP contribution in [0.5, 0.6) is 5.75 Å². The van der Waals surface area contributed by atoms with Gasteiger partial charge in [0.05, 0.1) is 13.2 Å². The zero-order chi connectivity index (χ0) is 20.9. The van der Waals surface area contributed by atoms with Crippen LogP contribution in [0.4, 0.5) is 0 Å². The molecule has 2 heterocycles. The molecule has 0 spiro atoms. The Kier molecular flexibility index (Phi) is 20.3. The van der Waals surface area contributed by atoms with Gasteiger partial charge in [0.2, 0.25) is 11.8 Å². The van der Waals surface area contributed by atoms with Crippen molar-refractivity contribution in [2.75, 3.05) is 26.8 Å². The summed E-state index contributed by atoms with van der Waals surface area (Å²) in [7, 11) is 1.00. The number of ether oxygens (including phenoxy) is 1. The van der Waals surface area contributed by atoms with Gasteiger partial charge in [-0.15, -0.1) is 0 Å². The maximum Gasteiger partial charge on any atom is 0.239 e. The largest absolute Gasteiger partial charge is 0.494 e. The van der Waals surface area contributed by atoms with Gasteiger partial charge in [-0.2, -0.15) is 0 Å². The lowest BCUT2D eigenvalue weighted by atomic mass is 10.1. The maximum atomic E-state index is 11.7. The summed E-state index contributed by atoms with van der Waals surface area (Å²) in [5, 5.41) is 12.4. The van der Waals surface area contributed by atoms with Crippen molar-refractivity contribution >= 4 is 11.8 Å². The first-order chi connectivity index (χ1) is 13.2. The van der Waals surface area contributed by atoms with Crippen LogP contribution in [0.2, 0.25) is 0 Å². The van der Waals surface area contributed by atoms with Gasteiger partial charge in [0.1, 0.15) is 5.75 Å². The van der Waals surface area contributed by atoms with Gasteiger partial charge in [-0.3, -0.25) is 9.59 Å². The molecule has 0 fully saturated rings. The molecule has 0 saturated carbocycles. The summed E-state index contributed by atoms with van der Waals surface area (Å²) in [6, 6.07) is 7.84. The van der Waals surface area contributed by atoms with Gasteiger partial charge in [-0.25, -0.2) is 0 Å². The van der Waals surface area contributed by atoms with Crippen molar-refractivity contribution in [3.63, 3.8) is 0 Å². The Morgan fingerprint density at radius 1 is 0.815 bits per heavy atom. The number of nitrogens with one attached hydrogen (secondary N) is 2. The molecule has 3 rings (SSSR count). The fourth-order valence-electron chi connectivity index (χ4n) is 2.16. The van der Waals surface area contributed by atoms with Crippen LogP contribution in [0.3, 0.4) is 0 Å². The summed E-state index contributed by atoms with van der Waals surface area (Å²) in [6.45, 7) is 9.39. The molecule has 0 atom stereocenters. The van der Waals surface area contributed by atoms with Crippen LogP contribution in [0.15, 0.2) is 24.3 Å². The number of aliphatic hydroxyl groups is 1. The monoisotopic (exact) mass is 382 g/mol. The van der Waals surface area contributed by atoms with E-state index in [1.807, 2.05) is 52.0 Å². The minimum absolute atomic E-state index is 0.0564. The van der Waals surface area contributed by atoms with Gasteiger partial charge in [-0.05, 0) is 43.4 Å². The van der Waals surface area contributed by atoms with E-state index < -0.39 is 0 Å². The van der Waals surface area contributed by atoms with Crippen LogP contribution >= 0.6 is 0 Å². The van der Waals surface area contributed by atoms with E-state index in [4.69, 9.17) is 9.84 Å². The predicted octanol–water partition coefficient (Wildman–Crippen LogP) is 3.08. The molecule has 6 heteroatoms. The molecule has 2 aliphatic heterocycles. The summed E-state index contributed by atoms with van der Waals surface area (Å²) < 4.78 is 5.66. The summed E-state index contributed by atoms with van der Waals surface area (Å²) >= 11 is 0. The number of aliphatic hydroxyl groups excluding tert-OH is 1. The minimum atomic E-state index is -0.132. The second kappa shape index (κ2) is 20.2. The third-order valence-corrected chi connectivity index (χ3v) is 3.42. The number of benzene rings is 1. The van der Waals surface area contributed by atoms with Crippen molar-refractivity contribution < 1.29 is 19.4 Å². The summed E-state index contributed by atoms with van der Waals surface area (Å²) in [6.07, 6.45) is 3.93. The highest BCUT2D eigenvalue weighted by molar-refractivity contribution is 5.84. The molecule has 1 aromatic rings. The number of carbonyl (C=O) groups excluding carboxylic acids is 2. The molecule has 6 nitrogen and oxygen atoms in total. The van der Waals surface area contributed by atoms with Crippen molar-refractivity contribution in [1.29, 1.82) is 0 Å². The van der Waals surface area contributed by atoms with Gasteiger partial charge in [0, 0.05) is 20.1 Å². The number of aryl methyl sites for hydroxylation is 1.